The number of nitrogens with one attached hydrogen (secondary N) is 2. The molecule has 1 aliphatic rings. The number of allylic oxidation sites excluding steroid dienone is 2. The second kappa shape index (κ2) is 6.91. The van der Waals surface area contributed by atoms with Gasteiger partial charge in [-0.1, -0.05) is 13.0 Å². The summed E-state index contributed by atoms with van der Waals surface area (Å²) in [6, 6.07) is 0. The Labute approximate surface area is 102 Å². The number of hydrogen-bond donors (Lipinski definition) is 2. The van der Waals surface area contributed by atoms with Crippen LogP contribution in [0.1, 0.15) is 26.7 Å². The van der Waals surface area contributed by atoms with E-state index in [4.69, 9.17) is 4.74 Å². The Morgan fingerprint density at radius 3 is 2.71 bits per heavy atom. The SMILES string of the molecule is CCC1=CCC(C(NC)OC(C)C(F)F)CN1. The first-order valence-electron chi connectivity index (χ1n) is 6.12. The molecule has 0 fully saturated rings. The number of halogens is 2. The third-order valence-corrected chi connectivity index (χ3v) is 3.07. The fourth-order valence-electron chi connectivity index (χ4n) is 1.92. The standard InChI is InChI=1S/C12H22F2N2O/c1-4-10-6-5-9(7-16-10)12(15-3)17-8(2)11(13)14/h6,8-9,11-12,15-16H,4-5,7H2,1-3H3. The van der Waals surface area contributed by atoms with Crippen LogP contribution in [0.3, 0.4) is 0 Å². The quantitative estimate of drug-likeness (QED) is 0.706. The molecule has 2 N–H and O–H groups in total. The second-order valence-corrected chi connectivity index (χ2v) is 4.34. The molecule has 1 aliphatic heterocycles. The maximum Gasteiger partial charge on any atom is 0.264 e. The molecule has 0 bridgehead atoms. The molecule has 0 spiro atoms. The third-order valence-electron chi connectivity index (χ3n) is 3.07. The highest BCUT2D eigenvalue weighted by molar-refractivity contribution is 5.04. The first kappa shape index (κ1) is 14.4. The molecule has 0 aliphatic carbocycles. The largest absolute Gasteiger partial charge is 0.388 e. The lowest BCUT2D eigenvalue weighted by molar-refractivity contribution is -0.109. The Morgan fingerprint density at radius 1 is 1.59 bits per heavy atom. The van der Waals surface area contributed by atoms with Crippen molar-refractivity contribution in [1.82, 2.24) is 10.6 Å². The van der Waals surface area contributed by atoms with Crippen LogP contribution in [0.25, 0.3) is 0 Å². The van der Waals surface area contributed by atoms with E-state index in [1.54, 1.807) is 7.05 Å². The number of hydrogen-bond acceptors (Lipinski definition) is 3. The summed E-state index contributed by atoms with van der Waals surface area (Å²) in [6.45, 7) is 4.25. The fraction of sp³-hybridized carbons (Fsp3) is 0.833. The predicted molar refractivity (Wildman–Crippen MR) is 63.9 cm³/mol. The fourth-order valence-corrected chi connectivity index (χ4v) is 1.92. The van der Waals surface area contributed by atoms with E-state index in [2.05, 4.69) is 23.6 Å². The molecule has 3 atom stereocenters. The summed E-state index contributed by atoms with van der Waals surface area (Å²) in [7, 11) is 1.74. The van der Waals surface area contributed by atoms with Gasteiger partial charge in [0.15, 0.2) is 0 Å². The van der Waals surface area contributed by atoms with Gasteiger partial charge >= 0.3 is 0 Å². The topological polar surface area (TPSA) is 33.3 Å². The summed E-state index contributed by atoms with van der Waals surface area (Å²) in [5.41, 5.74) is 1.22. The number of ether oxygens (including phenoxy) is 1. The van der Waals surface area contributed by atoms with Crippen LogP contribution in [-0.4, -0.2) is 32.3 Å². The highest BCUT2D eigenvalue weighted by Gasteiger charge is 2.27. The van der Waals surface area contributed by atoms with Gasteiger partial charge in [0.25, 0.3) is 6.43 Å². The molecule has 17 heavy (non-hydrogen) atoms. The van der Waals surface area contributed by atoms with Gasteiger partial charge in [-0.05, 0) is 26.8 Å². The molecule has 0 aromatic rings. The van der Waals surface area contributed by atoms with Crippen LogP contribution in [0.5, 0.6) is 0 Å². The van der Waals surface area contributed by atoms with Crippen LogP contribution in [0.4, 0.5) is 8.78 Å². The summed E-state index contributed by atoms with van der Waals surface area (Å²) in [5.74, 6) is 0.191. The monoisotopic (exact) mass is 248 g/mol. The zero-order chi connectivity index (χ0) is 12.8. The minimum atomic E-state index is -2.44. The molecule has 0 saturated heterocycles. The molecule has 0 aromatic heterocycles. The van der Waals surface area contributed by atoms with Crippen LogP contribution in [0.2, 0.25) is 0 Å². The van der Waals surface area contributed by atoms with Gasteiger partial charge in [-0.25, -0.2) is 8.78 Å². The van der Waals surface area contributed by atoms with E-state index in [-0.39, 0.29) is 12.1 Å². The highest BCUT2D eigenvalue weighted by Crippen LogP contribution is 2.19. The second-order valence-electron chi connectivity index (χ2n) is 4.34. The summed E-state index contributed by atoms with van der Waals surface area (Å²) in [4.78, 5) is 0. The van der Waals surface area contributed by atoms with Crippen LogP contribution in [-0.2, 0) is 4.74 Å². The van der Waals surface area contributed by atoms with Gasteiger partial charge in [0.1, 0.15) is 12.3 Å². The molecule has 3 nitrogen and oxygen atoms in total. The van der Waals surface area contributed by atoms with E-state index in [1.165, 1.54) is 12.6 Å². The zero-order valence-electron chi connectivity index (χ0n) is 10.7. The molecule has 1 heterocycles. The van der Waals surface area contributed by atoms with Crippen molar-refractivity contribution in [3.8, 4) is 0 Å². The van der Waals surface area contributed by atoms with Gasteiger partial charge in [0, 0.05) is 18.2 Å². The summed E-state index contributed by atoms with van der Waals surface area (Å²) in [6.07, 6.45) is 0.145. The normalized spacial score (nSPS) is 24.1. The van der Waals surface area contributed by atoms with E-state index in [1.807, 2.05) is 0 Å². The van der Waals surface area contributed by atoms with Crippen molar-refractivity contribution in [2.45, 2.75) is 45.4 Å². The summed E-state index contributed by atoms with van der Waals surface area (Å²) in [5, 5.41) is 6.26. The summed E-state index contributed by atoms with van der Waals surface area (Å²) >= 11 is 0. The molecule has 5 heteroatoms. The molecule has 3 unspecified atom stereocenters. The van der Waals surface area contributed by atoms with E-state index in [9.17, 15) is 8.78 Å². The molecule has 100 valence electrons. The summed E-state index contributed by atoms with van der Waals surface area (Å²) < 4.78 is 30.2. The van der Waals surface area contributed by atoms with E-state index < -0.39 is 12.5 Å². The molecular weight excluding hydrogens is 226 g/mol. The van der Waals surface area contributed by atoms with Crippen LogP contribution >= 0.6 is 0 Å². The number of alkyl halides is 2. The van der Waals surface area contributed by atoms with Gasteiger partial charge in [0.05, 0.1) is 0 Å². The van der Waals surface area contributed by atoms with E-state index in [0.717, 1.165) is 19.4 Å². The Morgan fingerprint density at radius 2 is 2.29 bits per heavy atom. The molecular formula is C12H22F2N2O. The Kier molecular flexibility index (Phi) is 5.85. The molecule has 1 rings (SSSR count). The molecule has 0 radical (unpaired) electrons. The Bertz CT molecular complexity index is 259. The first-order valence-corrected chi connectivity index (χ1v) is 6.12. The van der Waals surface area contributed by atoms with Crippen molar-refractivity contribution in [2.24, 2.45) is 5.92 Å². The highest BCUT2D eigenvalue weighted by atomic mass is 19.3. The predicted octanol–water partition coefficient (Wildman–Crippen LogP) is 2.11. The van der Waals surface area contributed by atoms with Crippen LogP contribution in [0, 0.1) is 5.92 Å². The van der Waals surface area contributed by atoms with Gasteiger partial charge < -0.3 is 10.1 Å². The lowest BCUT2D eigenvalue weighted by atomic mass is 9.98. The Hall–Kier alpha value is -0.680. The maximum absolute atomic E-state index is 12.4. The van der Waals surface area contributed by atoms with Gasteiger partial charge in [-0.3, -0.25) is 5.32 Å². The minimum Gasteiger partial charge on any atom is -0.388 e. The van der Waals surface area contributed by atoms with Gasteiger partial charge in [-0.2, -0.15) is 0 Å². The van der Waals surface area contributed by atoms with Gasteiger partial charge in [0.2, 0.25) is 0 Å². The zero-order valence-corrected chi connectivity index (χ0v) is 10.7. The lowest BCUT2D eigenvalue weighted by Crippen LogP contribution is -2.45. The lowest BCUT2D eigenvalue weighted by Gasteiger charge is -2.32. The maximum atomic E-state index is 12.4. The molecule has 0 amide bonds. The van der Waals surface area contributed by atoms with Crippen molar-refractivity contribution in [1.29, 1.82) is 0 Å². The van der Waals surface area contributed by atoms with Crippen LogP contribution < -0.4 is 10.6 Å². The average molecular weight is 248 g/mol. The number of rotatable bonds is 6. The van der Waals surface area contributed by atoms with E-state index >= 15 is 0 Å². The molecule has 0 aromatic carbocycles. The van der Waals surface area contributed by atoms with E-state index in [0.29, 0.717) is 0 Å². The van der Waals surface area contributed by atoms with Crippen molar-refractivity contribution in [2.75, 3.05) is 13.6 Å². The van der Waals surface area contributed by atoms with Crippen molar-refractivity contribution in [3.05, 3.63) is 11.8 Å². The first-order chi connectivity index (χ1) is 8.08. The van der Waals surface area contributed by atoms with Crippen molar-refractivity contribution in [3.63, 3.8) is 0 Å². The van der Waals surface area contributed by atoms with Crippen molar-refractivity contribution >= 4 is 0 Å². The third kappa shape index (κ3) is 4.24. The van der Waals surface area contributed by atoms with Crippen molar-refractivity contribution < 1.29 is 13.5 Å². The minimum absolute atomic E-state index is 0.191. The van der Waals surface area contributed by atoms with Gasteiger partial charge in [-0.15, -0.1) is 0 Å². The molecule has 0 saturated carbocycles. The van der Waals surface area contributed by atoms with Crippen LogP contribution in [0.15, 0.2) is 11.8 Å². The average Bonchev–Trinajstić information content (AvgIpc) is 2.35. The smallest absolute Gasteiger partial charge is 0.264 e. The Balaban J connectivity index is 2.49.